The van der Waals surface area contributed by atoms with Crippen molar-refractivity contribution < 1.29 is 27.6 Å². The lowest BCUT2D eigenvalue weighted by atomic mass is 9.96. The van der Waals surface area contributed by atoms with Gasteiger partial charge in [-0.3, -0.25) is 15.0 Å². The standard InChI is InChI=1S/C15H17F3N2O4/c16-15(17,18)12-2-1-3-19(7-12)6-10-4-13(20(21)22)5-11-8-23-9-24-14(10)11/h4-5,12H,1-3,6-9H2. The van der Waals surface area contributed by atoms with Crippen molar-refractivity contribution in [1.82, 2.24) is 4.90 Å². The average Bonchev–Trinajstić information content (AvgIpc) is 2.54. The van der Waals surface area contributed by atoms with E-state index in [1.165, 1.54) is 12.1 Å². The van der Waals surface area contributed by atoms with Crippen LogP contribution < -0.4 is 4.74 Å². The van der Waals surface area contributed by atoms with E-state index in [0.29, 0.717) is 29.8 Å². The van der Waals surface area contributed by atoms with Gasteiger partial charge in [0, 0.05) is 36.3 Å². The van der Waals surface area contributed by atoms with Gasteiger partial charge in [0.15, 0.2) is 6.79 Å². The minimum absolute atomic E-state index is 0.0307. The maximum Gasteiger partial charge on any atom is 0.393 e. The largest absolute Gasteiger partial charge is 0.467 e. The van der Waals surface area contributed by atoms with Crippen LogP contribution in [0.1, 0.15) is 24.0 Å². The van der Waals surface area contributed by atoms with E-state index in [4.69, 9.17) is 9.47 Å². The lowest BCUT2D eigenvalue weighted by molar-refractivity contribution is -0.385. The van der Waals surface area contributed by atoms with Crippen LogP contribution in [-0.4, -0.2) is 35.9 Å². The molecule has 3 rings (SSSR count). The van der Waals surface area contributed by atoms with E-state index in [0.717, 1.165) is 0 Å². The first-order chi connectivity index (χ1) is 11.3. The minimum Gasteiger partial charge on any atom is -0.467 e. The molecule has 0 radical (unpaired) electrons. The first-order valence-corrected chi connectivity index (χ1v) is 7.64. The Kier molecular flexibility index (Phi) is 4.64. The summed E-state index contributed by atoms with van der Waals surface area (Å²) < 4.78 is 49.4. The fourth-order valence-electron chi connectivity index (χ4n) is 3.21. The van der Waals surface area contributed by atoms with Crippen LogP contribution >= 0.6 is 0 Å². The molecule has 0 bridgehead atoms. The highest BCUT2D eigenvalue weighted by Crippen LogP contribution is 2.36. The van der Waals surface area contributed by atoms with Gasteiger partial charge < -0.3 is 9.47 Å². The van der Waals surface area contributed by atoms with Gasteiger partial charge in [-0.25, -0.2) is 0 Å². The Hall–Kier alpha value is -1.87. The number of nitrogens with zero attached hydrogens (tertiary/aromatic N) is 2. The third kappa shape index (κ3) is 3.62. The molecule has 2 aliphatic rings. The third-order valence-electron chi connectivity index (χ3n) is 4.34. The summed E-state index contributed by atoms with van der Waals surface area (Å²) in [6.07, 6.45) is -3.65. The molecule has 1 fully saturated rings. The van der Waals surface area contributed by atoms with E-state index in [2.05, 4.69) is 0 Å². The van der Waals surface area contributed by atoms with Crippen molar-refractivity contribution in [3.8, 4) is 5.75 Å². The van der Waals surface area contributed by atoms with Gasteiger partial charge in [-0.2, -0.15) is 13.2 Å². The number of nitro groups is 1. The first-order valence-electron chi connectivity index (χ1n) is 7.64. The van der Waals surface area contributed by atoms with Crippen LogP contribution in [0.5, 0.6) is 5.75 Å². The van der Waals surface area contributed by atoms with Gasteiger partial charge in [0.25, 0.3) is 5.69 Å². The average molecular weight is 346 g/mol. The number of hydrogen-bond donors (Lipinski definition) is 0. The molecule has 1 aromatic rings. The molecule has 0 aromatic heterocycles. The van der Waals surface area contributed by atoms with Crippen molar-refractivity contribution in [2.45, 2.75) is 32.2 Å². The van der Waals surface area contributed by atoms with E-state index in [1.54, 1.807) is 4.90 Å². The Labute approximate surface area is 136 Å². The van der Waals surface area contributed by atoms with Crippen LogP contribution in [0.3, 0.4) is 0 Å². The smallest absolute Gasteiger partial charge is 0.393 e. The fourth-order valence-corrected chi connectivity index (χ4v) is 3.21. The maximum atomic E-state index is 12.9. The monoisotopic (exact) mass is 346 g/mol. The normalized spacial score (nSPS) is 21.9. The molecule has 1 saturated heterocycles. The second-order valence-corrected chi connectivity index (χ2v) is 6.08. The summed E-state index contributed by atoms with van der Waals surface area (Å²) >= 11 is 0. The molecule has 0 aliphatic carbocycles. The van der Waals surface area contributed by atoms with E-state index in [-0.39, 0.29) is 38.6 Å². The molecular formula is C15H17F3N2O4. The van der Waals surface area contributed by atoms with E-state index in [9.17, 15) is 23.3 Å². The molecular weight excluding hydrogens is 329 g/mol. The van der Waals surface area contributed by atoms with E-state index >= 15 is 0 Å². The number of hydrogen-bond acceptors (Lipinski definition) is 5. The highest BCUT2D eigenvalue weighted by atomic mass is 19.4. The molecule has 1 aromatic carbocycles. The van der Waals surface area contributed by atoms with Gasteiger partial charge in [-0.05, 0) is 19.4 Å². The Morgan fingerprint density at radius 3 is 2.88 bits per heavy atom. The van der Waals surface area contributed by atoms with Crippen LogP contribution in [0.25, 0.3) is 0 Å². The Balaban J connectivity index is 1.83. The van der Waals surface area contributed by atoms with Crippen LogP contribution in [0.2, 0.25) is 0 Å². The number of nitro benzene ring substituents is 1. The molecule has 1 atom stereocenters. The molecule has 1 unspecified atom stereocenters. The molecule has 132 valence electrons. The Bertz CT molecular complexity index is 636. The van der Waals surface area contributed by atoms with Gasteiger partial charge >= 0.3 is 6.18 Å². The third-order valence-corrected chi connectivity index (χ3v) is 4.34. The van der Waals surface area contributed by atoms with Crippen LogP contribution in [0.4, 0.5) is 18.9 Å². The molecule has 0 N–H and O–H groups in total. The van der Waals surface area contributed by atoms with Gasteiger partial charge in [0.1, 0.15) is 5.75 Å². The number of alkyl halides is 3. The van der Waals surface area contributed by atoms with Crippen LogP contribution in [0.15, 0.2) is 12.1 Å². The second-order valence-electron chi connectivity index (χ2n) is 6.08. The van der Waals surface area contributed by atoms with Gasteiger partial charge in [-0.15, -0.1) is 0 Å². The van der Waals surface area contributed by atoms with Crippen molar-refractivity contribution in [2.75, 3.05) is 19.9 Å². The predicted molar refractivity (Wildman–Crippen MR) is 77.4 cm³/mol. The molecule has 2 heterocycles. The maximum absolute atomic E-state index is 12.9. The molecule has 9 heteroatoms. The summed E-state index contributed by atoms with van der Waals surface area (Å²) in [5.74, 6) is -0.869. The van der Waals surface area contributed by atoms with Gasteiger partial charge in [-0.1, -0.05) is 0 Å². The number of benzene rings is 1. The number of rotatable bonds is 3. The predicted octanol–water partition coefficient (Wildman–Crippen LogP) is 3.24. The zero-order valence-corrected chi connectivity index (χ0v) is 12.8. The SMILES string of the molecule is O=[N+]([O-])c1cc2c(c(CN3CCCC(C(F)(F)F)C3)c1)OCOC2. The number of halogens is 3. The van der Waals surface area contributed by atoms with Crippen LogP contribution in [0, 0.1) is 16.0 Å². The fraction of sp³-hybridized carbons (Fsp3) is 0.600. The van der Waals surface area contributed by atoms with Crippen molar-refractivity contribution in [3.63, 3.8) is 0 Å². The zero-order chi connectivity index (χ0) is 17.3. The molecule has 2 aliphatic heterocycles. The molecule has 6 nitrogen and oxygen atoms in total. The van der Waals surface area contributed by atoms with Crippen LogP contribution in [-0.2, 0) is 17.9 Å². The Morgan fingerprint density at radius 2 is 2.17 bits per heavy atom. The summed E-state index contributed by atoms with van der Waals surface area (Å²) in [6, 6.07) is 2.76. The highest BCUT2D eigenvalue weighted by molar-refractivity contribution is 5.50. The van der Waals surface area contributed by atoms with Gasteiger partial charge in [0.05, 0.1) is 17.4 Å². The summed E-state index contributed by atoms with van der Waals surface area (Å²) in [4.78, 5) is 12.2. The minimum atomic E-state index is -4.22. The van der Waals surface area contributed by atoms with Crippen molar-refractivity contribution in [3.05, 3.63) is 33.4 Å². The quantitative estimate of drug-likeness (QED) is 0.621. The molecule has 24 heavy (non-hydrogen) atoms. The second kappa shape index (κ2) is 6.56. The number of non-ortho nitro benzene ring substituents is 1. The zero-order valence-electron chi connectivity index (χ0n) is 12.8. The number of likely N-dealkylation sites (tertiary alicyclic amines) is 1. The first kappa shape index (κ1) is 17.0. The summed E-state index contributed by atoms with van der Waals surface area (Å²) in [7, 11) is 0. The lowest BCUT2D eigenvalue weighted by Crippen LogP contribution is -2.41. The van der Waals surface area contributed by atoms with Gasteiger partial charge in [0.2, 0.25) is 0 Å². The summed E-state index contributed by atoms with van der Waals surface area (Å²) in [5.41, 5.74) is 0.974. The lowest BCUT2D eigenvalue weighted by Gasteiger charge is -2.34. The van der Waals surface area contributed by atoms with Crippen molar-refractivity contribution >= 4 is 5.69 Å². The molecule has 0 saturated carbocycles. The van der Waals surface area contributed by atoms with E-state index < -0.39 is 17.0 Å². The number of ether oxygens (including phenoxy) is 2. The molecule has 0 amide bonds. The number of piperidine rings is 1. The Morgan fingerprint density at radius 1 is 1.38 bits per heavy atom. The number of fused-ring (bicyclic) bond motifs is 1. The summed E-state index contributed by atoms with van der Waals surface area (Å²) in [5, 5.41) is 11.1. The van der Waals surface area contributed by atoms with E-state index in [1.807, 2.05) is 0 Å². The van der Waals surface area contributed by atoms with Crippen molar-refractivity contribution in [1.29, 1.82) is 0 Å². The topological polar surface area (TPSA) is 64.8 Å². The highest BCUT2D eigenvalue weighted by Gasteiger charge is 2.41. The van der Waals surface area contributed by atoms with Crippen molar-refractivity contribution in [2.24, 2.45) is 5.92 Å². The molecule has 0 spiro atoms. The summed E-state index contributed by atoms with van der Waals surface area (Å²) in [6.45, 7) is 0.840.